The van der Waals surface area contributed by atoms with E-state index in [1.165, 1.54) is 24.3 Å². The Morgan fingerprint density at radius 3 is 2.46 bits per heavy atom. The first-order chi connectivity index (χ1) is 18.0. The fraction of sp³-hybridized carbons (Fsp3) is 0.0690. The van der Waals surface area contributed by atoms with Gasteiger partial charge in [-0.2, -0.15) is 0 Å². The molecular weight excluding hydrogens is 473 g/mol. The Hall–Kier alpha value is -4.98. The van der Waals surface area contributed by atoms with E-state index >= 15 is 0 Å². The van der Waals surface area contributed by atoms with Crippen molar-refractivity contribution >= 4 is 40.4 Å². The van der Waals surface area contributed by atoms with Crippen molar-refractivity contribution in [1.82, 2.24) is 10.2 Å². The standard InChI is InChI=1S/C29H22FN3O4/c30-24-10-3-4-11-25(24)31-27(34)17-33-28(35)26(32-29(33)36)16-19-12-14-22(15-13-19)37-18-21-8-5-7-20-6-1-2-9-23(20)21/h1-16H,17-18H2,(H,31,34)(H,32,36)/b26-16+. The van der Waals surface area contributed by atoms with Gasteiger partial charge in [-0.05, 0) is 52.2 Å². The summed E-state index contributed by atoms with van der Waals surface area (Å²) in [5, 5.41) is 7.11. The summed E-state index contributed by atoms with van der Waals surface area (Å²) in [4.78, 5) is 38.0. The molecule has 1 fully saturated rings. The number of imide groups is 1. The van der Waals surface area contributed by atoms with Gasteiger partial charge in [0, 0.05) is 0 Å². The first-order valence-corrected chi connectivity index (χ1v) is 11.6. The lowest BCUT2D eigenvalue weighted by atomic mass is 10.1. The molecule has 0 bridgehead atoms. The van der Waals surface area contributed by atoms with Crippen molar-refractivity contribution in [2.24, 2.45) is 0 Å². The van der Waals surface area contributed by atoms with Crippen molar-refractivity contribution in [3.05, 3.63) is 114 Å². The summed E-state index contributed by atoms with van der Waals surface area (Å²) in [5.74, 6) is -1.30. The van der Waals surface area contributed by atoms with Crippen LogP contribution in [0.2, 0.25) is 0 Å². The maximum Gasteiger partial charge on any atom is 0.329 e. The molecule has 4 aromatic rings. The van der Waals surface area contributed by atoms with E-state index in [4.69, 9.17) is 4.74 Å². The minimum absolute atomic E-state index is 0.0296. The number of amides is 4. The number of hydrogen-bond donors (Lipinski definition) is 2. The smallest absolute Gasteiger partial charge is 0.329 e. The van der Waals surface area contributed by atoms with E-state index < -0.39 is 30.2 Å². The molecule has 8 heteroatoms. The van der Waals surface area contributed by atoms with E-state index in [1.54, 1.807) is 30.3 Å². The summed E-state index contributed by atoms with van der Waals surface area (Å²) in [6.07, 6.45) is 1.52. The fourth-order valence-electron chi connectivity index (χ4n) is 4.02. The highest BCUT2D eigenvalue weighted by Gasteiger charge is 2.35. The molecule has 1 aliphatic rings. The third-order valence-electron chi connectivity index (χ3n) is 5.88. The lowest BCUT2D eigenvalue weighted by molar-refractivity contribution is -0.127. The average Bonchev–Trinajstić information content (AvgIpc) is 3.16. The van der Waals surface area contributed by atoms with E-state index in [1.807, 2.05) is 24.3 Å². The maximum absolute atomic E-state index is 13.8. The number of anilines is 1. The Bertz CT molecular complexity index is 1530. The van der Waals surface area contributed by atoms with Crippen LogP contribution < -0.4 is 15.4 Å². The molecule has 1 aliphatic heterocycles. The summed E-state index contributed by atoms with van der Waals surface area (Å²) in [5.41, 5.74) is 1.74. The monoisotopic (exact) mass is 495 g/mol. The summed E-state index contributed by atoms with van der Waals surface area (Å²) >= 11 is 0. The number of para-hydroxylation sites is 1. The molecule has 0 aliphatic carbocycles. The van der Waals surface area contributed by atoms with Gasteiger partial charge in [0.1, 0.15) is 30.4 Å². The van der Waals surface area contributed by atoms with Gasteiger partial charge in [-0.15, -0.1) is 0 Å². The maximum atomic E-state index is 13.8. The van der Waals surface area contributed by atoms with Crippen LogP contribution in [0.1, 0.15) is 11.1 Å². The van der Waals surface area contributed by atoms with Crippen molar-refractivity contribution in [2.75, 3.05) is 11.9 Å². The van der Waals surface area contributed by atoms with Crippen LogP contribution in [0.25, 0.3) is 16.8 Å². The number of nitrogens with one attached hydrogen (secondary N) is 2. The Morgan fingerprint density at radius 2 is 1.65 bits per heavy atom. The Morgan fingerprint density at radius 1 is 0.919 bits per heavy atom. The molecule has 0 unspecified atom stereocenters. The van der Waals surface area contributed by atoms with Crippen LogP contribution in [-0.2, 0) is 16.2 Å². The summed E-state index contributed by atoms with van der Waals surface area (Å²) in [6, 6.07) is 26.2. The van der Waals surface area contributed by atoms with Crippen molar-refractivity contribution in [2.45, 2.75) is 6.61 Å². The largest absolute Gasteiger partial charge is 0.489 e. The zero-order valence-corrected chi connectivity index (χ0v) is 19.6. The second kappa shape index (κ2) is 10.3. The zero-order chi connectivity index (χ0) is 25.8. The van der Waals surface area contributed by atoms with E-state index in [0.717, 1.165) is 21.2 Å². The molecule has 1 heterocycles. The third kappa shape index (κ3) is 5.33. The number of carbonyl (C=O) groups is 3. The van der Waals surface area contributed by atoms with Crippen molar-refractivity contribution in [3.8, 4) is 5.75 Å². The van der Waals surface area contributed by atoms with Gasteiger partial charge in [0.2, 0.25) is 5.91 Å². The molecule has 7 nitrogen and oxygen atoms in total. The van der Waals surface area contributed by atoms with E-state index in [-0.39, 0.29) is 11.4 Å². The number of benzene rings is 4. The van der Waals surface area contributed by atoms with Gasteiger partial charge >= 0.3 is 6.03 Å². The number of urea groups is 1. The van der Waals surface area contributed by atoms with Gasteiger partial charge in [0.15, 0.2) is 0 Å². The summed E-state index contributed by atoms with van der Waals surface area (Å²) in [6.45, 7) is -0.141. The molecule has 0 radical (unpaired) electrons. The minimum Gasteiger partial charge on any atom is -0.489 e. The molecule has 0 aromatic heterocycles. The molecule has 0 saturated carbocycles. The van der Waals surface area contributed by atoms with Crippen LogP contribution in [0.5, 0.6) is 5.75 Å². The SMILES string of the molecule is O=C(CN1C(=O)N/C(=C/c2ccc(OCc3cccc4ccccc34)cc2)C1=O)Nc1ccccc1F. The number of nitrogens with zero attached hydrogens (tertiary/aromatic N) is 1. The normalized spacial score (nSPS) is 14.2. The molecule has 37 heavy (non-hydrogen) atoms. The first-order valence-electron chi connectivity index (χ1n) is 11.6. The van der Waals surface area contributed by atoms with Gasteiger partial charge in [0.25, 0.3) is 5.91 Å². The number of rotatable bonds is 7. The van der Waals surface area contributed by atoms with Crippen molar-refractivity contribution in [3.63, 3.8) is 0 Å². The highest BCUT2D eigenvalue weighted by Crippen LogP contribution is 2.22. The van der Waals surface area contributed by atoms with Crippen LogP contribution in [-0.4, -0.2) is 29.3 Å². The van der Waals surface area contributed by atoms with Gasteiger partial charge in [-0.1, -0.05) is 66.7 Å². The van der Waals surface area contributed by atoms with Crippen molar-refractivity contribution in [1.29, 1.82) is 0 Å². The molecule has 1 saturated heterocycles. The lowest BCUT2D eigenvalue weighted by Gasteiger charge is -2.12. The van der Waals surface area contributed by atoms with Crippen LogP contribution in [0.4, 0.5) is 14.9 Å². The molecule has 5 rings (SSSR count). The van der Waals surface area contributed by atoms with Crippen LogP contribution in [0, 0.1) is 5.82 Å². The van der Waals surface area contributed by atoms with E-state index in [2.05, 4.69) is 28.8 Å². The predicted molar refractivity (Wildman–Crippen MR) is 138 cm³/mol. The molecule has 2 N–H and O–H groups in total. The average molecular weight is 496 g/mol. The Balaban J connectivity index is 1.21. The lowest BCUT2D eigenvalue weighted by Crippen LogP contribution is -2.38. The van der Waals surface area contributed by atoms with Gasteiger partial charge in [-0.25, -0.2) is 14.1 Å². The highest BCUT2D eigenvalue weighted by molar-refractivity contribution is 6.15. The van der Waals surface area contributed by atoms with Gasteiger partial charge in [0.05, 0.1) is 5.69 Å². The molecule has 4 amide bonds. The Kier molecular flexibility index (Phi) is 6.63. The highest BCUT2D eigenvalue weighted by atomic mass is 19.1. The van der Waals surface area contributed by atoms with E-state index in [0.29, 0.717) is 17.9 Å². The van der Waals surface area contributed by atoms with Crippen LogP contribution in [0.3, 0.4) is 0 Å². The third-order valence-corrected chi connectivity index (χ3v) is 5.88. The second-order valence-corrected chi connectivity index (χ2v) is 8.40. The molecule has 0 atom stereocenters. The minimum atomic E-state index is -0.727. The van der Waals surface area contributed by atoms with Crippen LogP contribution in [0.15, 0.2) is 96.7 Å². The molecule has 4 aromatic carbocycles. The number of hydrogen-bond acceptors (Lipinski definition) is 4. The number of fused-ring (bicyclic) bond motifs is 1. The van der Waals surface area contributed by atoms with Gasteiger partial charge in [-0.3, -0.25) is 9.59 Å². The number of ether oxygens (including phenoxy) is 1. The zero-order valence-electron chi connectivity index (χ0n) is 19.6. The molecule has 0 spiro atoms. The number of carbonyl (C=O) groups excluding carboxylic acids is 3. The molecule has 184 valence electrons. The number of halogens is 1. The summed E-state index contributed by atoms with van der Waals surface area (Å²) in [7, 11) is 0. The Labute approximate surface area is 212 Å². The van der Waals surface area contributed by atoms with Crippen molar-refractivity contribution < 1.29 is 23.5 Å². The fourth-order valence-corrected chi connectivity index (χ4v) is 4.02. The quantitative estimate of drug-likeness (QED) is 0.276. The van der Waals surface area contributed by atoms with Crippen LogP contribution >= 0.6 is 0 Å². The summed E-state index contributed by atoms with van der Waals surface area (Å²) < 4.78 is 19.7. The molecular formula is C29H22FN3O4. The first kappa shape index (κ1) is 23.7. The topological polar surface area (TPSA) is 87.7 Å². The van der Waals surface area contributed by atoms with Gasteiger partial charge < -0.3 is 15.4 Å². The second-order valence-electron chi connectivity index (χ2n) is 8.40. The van der Waals surface area contributed by atoms with E-state index in [9.17, 15) is 18.8 Å². The predicted octanol–water partition coefficient (Wildman–Crippen LogP) is 5.09.